The highest BCUT2D eigenvalue weighted by Crippen LogP contribution is 2.27. The van der Waals surface area contributed by atoms with Crippen LogP contribution in [0.4, 0.5) is 0 Å². The van der Waals surface area contributed by atoms with E-state index in [1.807, 2.05) is 0 Å². The first kappa shape index (κ1) is 17.0. The zero-order valence-corrected chi connectivity index (χ0v) is 13.5. The van der Waals surface area contributed by atoms with E-state index in [-0.39, 0.29) is 0 Å². The highest BCUT2D eigenvalue weighted by atomic mass is 16.5. The molecule has 0 saturated heterocycles. The number of hydrogen-bond donors (Lipinski definition) is 1. The maximum Gasteiger partial charge on any atom is 0.123 e. The predicted molar refractivity (Wildman–Crippen MR) is 84.6 cm³/mol. The fourth-order valence-corrected chi connectivity index (χ4v) is 2.26. The molecule has 3 heteroatoms. The lowest BCUT2D eigenvalue weighted by Gasteiger charge is -2.23. The molecule has 1 rings (SSSR count). The van der Waals surface area contributed by atoms with Gasteiger partial charge in [-0.3, -0.25) is 0 Å². The number of nitrogens with zero attached hydrogens (tertiary/aromatic N) is 1. The molecule has 1 atom stereocenters. The summed E-state index contributed by atoms with van der Waals surface area (Å²) in [7, 11) is 0. The van der Waals surface area contributed by atoms with E-state index in [4.69, 9.17) is 4.74 Å². The van der Waals surface area contributed by atoms with Crippen molar-refractivity contribution in [3.8, 4) is 5.75 Å². The van der Waals surface area contributed by atoms with Crippen LogP contribution in [0.5, 0.6) is 5.75 Å². The number of aliphatic hydroxyl groups is 1. The molecule has 0 aliphatic carbocycles. The minimum Gasteiger partial charge on any atom is -0.491 e. The van der Waals surface area contributed by atoms with E-state index in [9.17, 15) is 5.11 Å². The van der Waals surface area contributed by atoms with Crippen molar-refractivity contribution in [1.29, 1.82) is 0 Å². The van der Waals surface area contributed by atoms with E-state index in [1.165, 1.54) is 11.1 Å². The minimum absolute atomic E-state index is 0.347. The summed E-state index contributed by atoms with van der Waals surface area (Å²) in [5.74, 6) is 1.32. The molecule has 0 aromatic heterocycles. The molecule has 0 fully saturated rings. The number of hydrogen-bond acceptors (Lipinski definition) is 3. The number of rotatable bonds is 8. The van der Waals surface area contributed by atoms with Crippen LogP contribution in [0.2, 0.25) is 0 Å². The minimum atomic E-state index is -0.449. The maximum atomic E-state index is 10.1. The molecule has 0 heterocycles. The molecule has 0 saturated carbocycles. The molecule has 1 aromatic rings. The van der Waals surface area contributed by atoms with Gasteiger partial charge in [0.05, 0.1) is 0 Å². The van der Waals surface area contributed by atoms with Gasteiger partial charge in [0.2, 0.25) is 0 Å². The van der Waals surface area contributed by atoms with E-state index >= 15 is 0 Å². The van der Waals surface area contributed by atoms with Crippen LogP contribution in [0.15, 0.2) is 18.2 Å². The number of benzene rings is 1. The quantitative estimate of drug-likeness (QED) is 0.793. The molecular formula is C17H29NO2. The van der Waals surface area contributed by atoms with Gasteiger partial charge in [-0.15, -0.1) is 0 Å². The fraction of sp³-hybridized carbons (Fsp3) is 0.647. The standard InChI is InChI=1S/C17H29NO2/c1-6-18(7-2)11-15(19)12-20-17-10-14(5)8-9-16(17)13(3)4/h8-10,13,15,19H,6-7,11-12H2,1-5H3/t15-/m0/s1. The van der Waals surface area contributed by atoms with Crippen LogP contribution in [0.3, 0.4) is 0 Å². The fourth-order valence-electron chi connectivity index (χ4n) is 2.26. The zero-order chi connectivity index (χ0) is 15.1. The van der Waals surface area contributed by atoms with Crippen molar-refractivity contribution in [2.75, 3.05) is 26.2 Å². The van der Waals surface area contributed by atoms with Gasteiger partial charge in [-0.05, 0) is 43.1 Å². The molecule has 0 spiro atoms. The first-order chi connectivity index (χ1) is 9.47. The van der Waals surface area contributed by atoms with Gasteiger partial charge in [0.25, 0.3) is 0 Å². The second kappa shape index (κ2) is 8.28. The van der Waals surface area contributed by atoms with Gasteiger partial charge in [0.1, 0.15) is 18.5 Å². The number of aliphatic hydroxyl groups excluding tert-OH is 1. The Morgan fingerprint density at radius 1 is 1.20 bits per heavy atom. The van der Waals surface area contributed by atoms with E-state index in [2.05, 4.69) is 57.7 Å². The Morgan fingerprint density at radius 2 is 1.85 bits per heavy atom. The molecule has 0 radical (unpaired) electrons. The Balaban J connectivity index is 2.62. The Morgan fingerprint density at radius 3 is 2.40 bits per heavy atom. The van der Waals surface area contributed by atoms with Gasteiger partial charge < -0.3 is 14.7 Å². The Kier molecular flexibility index (Phi) is 7.03. The van der Waals surface area contributed by atoms with Crippen LogP contribution in [-0.4, -0.2) is 42.4 Å². The summed E-state index contributed by atoms with van der Waals surface area (Å²) >= 11 is 0. The third-order valence-electron chi connectivity index (χ3n) is 3.59. The Hall–Kier alpha value is -1.06. The van der Waals surface area contributed by atoms with Crippen molar-refractivity contribution in [3.05, 3.63) is 29.3 Å². The van der Waals surface area contributed by atoms with E-state index in [0.29, 0.717) is 19.1 Å². The highest BCUT2D eigenvalue weighted by molar-refractivity contribution is 5.39. The van der Waals surface area contributed by atoms with Crippen molar-refractivity contribution in [3.63, 3.8) is 0 Å². The normalized spacial score (nSPS) is 13.0. The van der Waals surface area contributed by atoms with Crippen LogP contribution in [0.1, 0.15) is 44.7 Å². The van der Waals surface area contributed by atoms with Gasteiger partial charge in [-0.25, -0.2) is 0 Å². The van der Waals surface area contributed by atoms with Gasteiger partial charge in [0.15, 0.2) is 0 Å². The highest BCUT2D eigenvalue weighted by Gasteiger charge is 2.12. The lowest BCUT2D eigenvalue weighted by atomic mass is 10.0. The van der Waals surface area contributed by atoms with Gasteiger partial charge in [0, 0.05) is 6.54 Å². The van der Waals surface area contributed by atoms with Crippen LogP contribution in [-0.2, 0) is 0 Å². The first-order valence-corrected chi connectivity index (χ1v) is 7.61. The van der Waals surface area contributed by atoms with Gasteiger partial charge in [-0.2, -0.15) is 0 Å². The molecular weight excluding hydrogens is 250 g/mol. The number of ether oxygens (including phenoxy) is 1. The topological polar surface area (TPSA) is 32.7 Å². The Bertz CT molecular complexity index is 400. The van der Waals surface area contributed by atoms with Crippen LogP contribution in [0, 0.1) is 6.92 Å². The van der Waals surface area contributed by atoms with Crippen LogP contribution < -0.4 is 4.74 Å². The molecule has 1 aromatic carbocycles. The van der Waals surface area contributed by atoms with Crippen molar-refractivity contribution in [2.45, 2.75) is 46.6 Å². The number of aryl methyl sites for hydroxylation is 1. The molecule has 114 valence electrons. The number of likely N-dealkylation sites (N-methyl/N-ethyl adjacent to an activating group) is 1. The summed E-state index contributed by atoms with van der Waals surface area (Å²) in [6, 6.07) is 6.28. The van der Waals surface area contributed by atoms with E-state index in [1.54, 1.807) is 0 Å². The summed E-state index contributed by atoms with van der Waals surface area (Å²) in [5.41, 5.74) is 2.38. The average Bonchev–Trinajstić information content (AvgIpc) is 2.42. The van der Waals surface area contributed by atoms with Crippen molar-refractivity contribution in [1.82, 2.24) is 4.90 Å². The molecule has 20 heavy (non-hydrogen) atoms. The molecule has 0 aliphatic heterocycles. The first-order valence-electron chi connectivity index (χ1n) is 7.61. The largest absolute Gasteiger partial charge is 0.491 e. The summed E-state index contributed by atoms with van der Waals surface area (Å²) in [5, 5.41) is 10.1. The van der Waals surface area contributed by atoms with Crippen molar-refractivity contribution < 1.29 is 9.84 Å². The summed E-state index contributed by atoms with van der Waals surface area (Å²) in [4.78, 5) is 2.20. The molecule has 3 nitrogen and oxygen atoms in total. The SMILES string of the molecule is CCN(CC)C[C@H](O)COc1cc(C)ccc1C(C)C. The van der Waals surface area contributed by atoms with Crippen LogP contribution in [0.25, 0.3) is 0 Å². The van der Waals surface area contributed by atoms with Crippen molar-refractivity contribution >= 4 is 0 Å². The molecule has 1 N–H and O–H groups in total. The lowest BCUT2D eigenvalue weighted by molar-refractivity contribution is 0.0711. The Labute approximate surface area is 123 Å². The van der Waals surface area contributed by atoms with Crippen LogP contribution >= 0.6 is 0 Å². The van der Waals surface area contributed by atoms with Gasteiger partial charge in [-0.1, -0.05) is 39.8 Å². The molecule has 0 unspecified atom stereocenters. The summed E-state index contributed by atoms with van der Waals surface area (Å²) in [6.45, 7) is 13.5. The monoisotopic (exact) mass is 279 g/mol. The third-order valence-corrected chi connectivity index (χ3v) is 3.59. The lowest BCUT2D eigenvalue weighted by Crippen LogP contribution is -2.35. The zero-order valence-electron chi connectivity index (χ0n) is 13.5. The second-order valence-corrected chi connectivity index (χ2v) is 5.65. The van der Waals surface area contributed by atoms with Crippen molar-refractivity contribution in [2.24, 2.45) is 0 Å². The summed E-state index contributed by atoms with van der Waals surface area (Å²) < 4.78 is 5.85. The second-order valence-electron chi connectivity index (χ2n) is 5.65. The molecule has 0 amide bonds. The summed E-state index contributed by atoms with van der Waals surface area (Å²) in [6.07, 6.45) is -0.449. The predicted octanol–water partition coefficient (Wildman–Crippen LogP) is 3.20. The maximum absolute atomic E-state index is 10.1. The molecule has 0 aliphatic rings. The van der Waals surface area contributed by atoms with E-state index < -0.39 is 6.10 Å². The van der Waals surface area contributed by atoms with Gasteiger partial charge >= 0.3 is 0 Å². The smallest absolute Gasteiger partial charge is 0.123 e. The average molecular weight is 279 g/mol. The third kappa shape index (κ3) is 5.14. The van der Waals surface area contributed by atoms with E-state index in [0.717, 1.165) is 18.8 Å². The molecule has 0 bridgehead atoms.